The van der Waals surface area contributed by atoms with E-state index in [2.05, 4.69) is 4.90 Å². The predicted octanol–water partition coefficient (Wildman–Crippen LogP) is 2.53. The van der Waals surface area contributed by atoms with Crippen LogP contribution in [0.2, 0.25) is 10.0 Å². The van der Waals surface area contributed by atoms with Gasteiger partial charge in [-0.1, -0.05) is 35.3 Å². The molecule has 1 atom stereocenters. The summed E-state index contributed by atoms with van der Waals surface area (Å²) in [6.45, 7) is 2.83. The number of rotatable bonds is 2. The van der Waals surface area contributed by atoms with Crippen LogP contribution in [0.1, 0.15) is 12.0 Å². The molecule has 0 spiro atoms. The van der Waals surface area contributed by atoms with Gasteiger partial charge in [-0.05, 0) is 18.1 Å². The van der Waals surface area contributed by atoms with E-state index in [1.54, 1.807) is 0 Å². The predicted molar refractivity (Wildman–Crippen MR) is 64.3 cm³/mol. The minimum atomic E-state index is 0.308. The Kier molecular flexibility index (Phi) is 3.52. The highest BCUT2D eigenvalue weighted by atomic mass is 35.5. The first-order valence-corrected chi connectivity index (χ1v) is 5.83. The Bertz CT molecular complexity index is 354. The lowest BCUT2D eigenvalue weighted by atomic mass is 10.2. The number of hydrogen-bond donors (Lipinski definition) is 1. The molecule has 1 unspecified atom stereocenters. The van der Waals surface area contributed by atoms with E-state index in [-0.39, 0.29) is 0 Å². The van der Waals surface area contributed by atoms with Crippen LogP contribution < -0.4 is 5.73 Å². The summed E-state index contributed by atoms with van der Waals surface area (Å²) in [4.78, 5) is 2.31. The zero-order valence-corrected chi connectivity index (χ0v) is 9.93. The second kappa shape index (κ2) is 4.71. The molecule has 1 aliphatic heterocycles. The lowest BCUT2D eigenvalue weighted by molar-refractivity contribution is 0.327. The van der Waals surface area contributed by atoms with E-state index in [4.69, 9.17) is 28.9 Å². The quantitative estimate of drug-likeness (QED) is 0.867. The molecular weight excluding hydrogens is 231 g/mol. The summed E-state index contributed by atoms with van der Waals surface area (Å²) < 4.78 is 0. The fourth-order valence-electron chi connectivity index (χ4n) is 1.92. The molecule has 0 aliphatic carbocycles. The number of nitrogens with two attached hydrogens (primary N) is 1. The van der Waals surface area contributed by atoms with Gasteiger partial charge in [0.2, 0.25) is 0 Å². The van der Waals surface area contributed by atoms with E-state index in [1.165, 1.54) is 0 Å². The van der Waals surface area contributed by atoms with E-state index in [0.717, 1.165) is 31.6 Å². The Hall–Kier alpha value is -0.280. The lowest BCUT2D eigenvalue weighted by Crippen LogP contribution is -2.26. The average molecular weight is 245 g/mol. The van der Waals surface area contributed by atoms with E-state index in [0.29, 0.717) is 16.1 Å². The molecular formula is C11H14Cl2N2. The van der Waals surface area contributed by atoms with Crippen molar-refractivity contribution >= 4 is 23.2 Å². The Labute approximate surface area is 100.0 Å². The molecule has 0 saturated carbocycles. The van der Waals surface area contributed by atoms with E-state index in [9.17, 15) is 0 Å². The Morgan fingerprint density at radius 3 is 2.87 bits per heavy atom. The monoisotopic (exact) mass is 244 g/mol. The molecule has 2 N–H and O–H groups in total. The number of likely N-dealkylation sites (tertiary alicyclic amines) is 1. The Morgan fingerprint density at radius 1 is 1.40 bits per heavy atom. The van der Waals surface area contributed by atoms with Crippen molar-refractivity contribution in [3.8, 4) is 0 Å². The van der Waals surface area contributed by atoms with E-state index >= 15 is 0 Å². The van der Waals surface area contributed by atoms with Crippen molar-refractivity contribution in [1.29, 1.82) is 0 Å². The van der Waals surface area contributed by atoms with Crippen molar-refractivity contribution in [2.45, 2.75) is 19.0 Å². The van der Waals surface area contributed by atoms with Gasteiger partial charge in [0.05, 0.1) is 10.0 Å². The van der Waals surface area contributed by atoms with Gasteiger partial charge in [-0.3, -0.25) is 4.90 Å². The van der Waals surface area contributed by atoms with Crippen molar-refractivity contribution in [2.75, 3.05) is 13.1 Å². The van der Waals surface area contributed by atoms with Crippen molar-refractivity contribution in [2.24, 2.45) is 5.73 Å². The van der Waals surface area contributed by atoms with Gasteiger partial charge in [0, 0.05) is 25.7 Å². The topological polar surface area (TPSA) is 29.3 Å². The normalized spacial score (nSPS) is 22.2. The van der Waals surface area contributed by atoms with Gasteiger partial charge in [-0.2, -0.15) is 0 Å². The van der Waals surface area contributed by atoms with Gasteiger partial charge >= 0.3 is 0 Å². The van der Waals surface area contributed by atoms with Crippen LogP contribution in [0.15, 0.2) is 18.2 Å². The zero-order valence-electron chi connectivity index (χ0n) is 8.42. The first-order chi connectivity index (χ1) is 7.16. The summed E-state index contributed by atoms with van der Waals surface area (Å²) in [7, 11) is 0. The second-order valence-electron chi connectivity index (χ2n) is 4.00. The van der Waals surface area contributed by atoms with Crippen LogP contribution in [-0.4, -0.2) is 24.0 Å². The maximum absolute atomic E-state index is 6.12. The van der Waals surface area contributed by atoms with Crippen LogP contribution in [0, 0.1) is 0 Å². The number of nitrogens with zero attached hydrogens (tertiary/aromatic N) is 1. The summed E-state index contributed by atoms with van der Waals surface area (Å²) in [5, 5.41) is 1.29. The molecule has 1 heterocycles. The zero-order chi connectivity index (χ0) is 10.8. The molecule has 0 bridgehead atoms. The first kappa shape index (κ1) is 11.2. The smallest absolute Gasteiger partial charge is 0.0637 e. The first-order valence-electron chi connectivity index (χ1n) is 5.07. The van der Waals surface area contributed by atoms with Gasteiger partial charge in [-0.15, -0.1) is 0 Å². The SMILES string of the molecule is NC1CCN(Cc2cccc(Cl)c2Cl)C1. The molecule has 4 heteroatoms. The van der Waals surface area contributed by atoms with Gasteiger partial charge < -0.3 is 5.73 Å². The second-order valence-corrected chi connectivity index (χ2v) is 4.78. The maximum Gasteiger partial charge on any atom is 0.0637 e. The van der Waals surface area contributed by atoms with Crippen LogP contribution in [0.3, 0.4) is 0 Å². The summed E-state index contributed by atoms with van der Waals surface area (Å²) in [5.74, 6) is 0. The third-order valence-electron chi connectivity index (χ3n) is 2.73. The highest BCUT2D eigenvalue weighted by molar-refractivity contribution is 6.42. The number of benzene rings is 1. The summed E-state index contributed by atoms with van der Waals surface area (Å²) in [6, 6.07) is 6.06. The molecule has 2 nitrogen and oxygen atoms in total. The molecule has 1 aliphatic rings. The minimum absolute atomic E-state index is 0.308. The average Bonchev–Trinajstić information content (AvgIpc) is 2.59. The molecule has 1 saturated heterocycles. The van der Waals surface area contributed by atoms with Crippen molar-refractivity contribution in [3.05, 3.63) is 33.8 Å². The summed E-state index contributed by atoms with van der Waals surface area (Å²) in [6.07, 6.45) is 1.07. The summed E-state index contributed by atoms with van der Waals surface area (Å²) >= 11 is 12.1. The Morgan fingerprint density at radius 2 is 2.20 bits per heavy atom. The van der Waals surface area contributed by atoms with Gasteiger partial charge in [0.15, 0.2) is 0 Å². The number of hydrogen-bond acceptors (Lipinski definition) is 2. The summed E-state index contributed by atoms with van der Waals surface area (Å²) in [5.41, 5.74) is 6.93. The third kappa shape index (κ3) is 2.64. The van der Waals surface area contributed by atoms with Crippen molar-refractivity contribution in [3.63, 3.8) is 0 Å². The Balaban J connectivity index is 2.07. The van der Waals surface area contributed by atoms with Crippen molar-refractivity contribution in [1.82, 2.24) is 4.90 Å². The van der Waals surface area contributed by atoms with Crippen LogP contribution in [0.25, 0.3) is 0 Å². The fourth-order valence-corrected chi connectivity index (χ4v) is 2.30. The maximum atomic E-state index is 6.12. The molecule has 82 valence electrons. The van der Waals surface area contributed by atoms with E-state index < -0.39 is 0 Å². The lowest BCUT2D eigenvalue weighted by Gasteiger charge is -2.16. The molecule has 15 heavy (non-hydrogen) atoms. The van der Waals surface area contributed by atoms with Crippen LogP contribution in [0.4, 0.5) is 0 Å². The largest absolute Gasteiger partial charge is 0.326 e. The molecule has 2 rings (SSSR count). The molecule has 1 aromatic rings. The fraction of sp³-hybridized carbons (Fsp3) is 0.455. The van der Waals surface area contributed by atoms with Gasteiger partial charge in [-0.25, -0.2) is 0 Å². The van der Waals surface area contributed by atoms with Gasteiger partial charge in [0.1, 0.15) is 0 Å². The molecule has 1 aromatic carbocycles. The highest BCUT2D eigenvalue weighted by Gasteiger charge is 2.19. The number of halogens is 2. The van der Waals surface area contributed by atoms with Crippen LogP contribution in [-0.2, 0) is 6.54 Å². The molecule has 0 radical (unpaired) electrons. The van der Waals surface area contributed by atoms with E-state index in [1.807, 2.05) is 18.2 Å². The highest BCUT2D eigenvalue weighted by Crippen LogP contribution is 2.27. The standard InChI is InChI=1S/C11H14Cl2N2/c12-10-3-1-2-8(11(10)13)6-15-5-4-9(14)7-15/h1-3,9H,4-7,14H2. The van der Waals surface area contributed by atoms with Crippen LogP contribution in [0.5, 0.6) is 0 Å². The molecule has 0 aromatic heterocycles. The minimum Gasteiger partial charge on any atom is -0.326 e. The molecule has 0 amide bonds. The van der Waals surface area contributed by atoms with Crippen LogP contribution >= 0.6 is 23.2 Å². The van der Waals surface area contributed by atoms with Crippen molar-refractivity contribution < 1.29 is 0 Å². The third-order valence-corrected chi connectivity index (χ3v) is 3.59. The molecule has 1 fully saturated rings. The van der Waals surface area contributed by atoms with Gasteiger partial charge in [0.25, 0.3) is 0 Å².